The zero-order valence-corrected chi connectivity index (χ0v) is 13.7. The molecule has 0 unspecified atom stereocenters. The van der Waals surface area contributed by atoms with Gasteiger partial charge in [-0.05, 0) is 37.1 Å². The number of nitrogens with one attached hydrogen (secondary N) is 1. The minimum Gasteiger partial charge on any atom is -0.344 e. The third kappa shape index (κ3) is 3.39. The summed E-state index contributed by atoms with van der Waals surface area (Å²) >= 11 is 12.2. The first-order chi connectivity index (χ1) is 9.93. The Morgan fingerprint density at radius 3 is 2.48 bits per heavy atom. The molecule has 2 aromatic rings. The number of halogens is 2. The van der Waals surface area contributed by atoms with Crippen molar-refractivity contribution in [1.29, 1.82) is 0 Å². The van der Waals surface area contributed by atoms with Gasteiger partial charge in [0.2, 0.25) is 0 Å². The van der Waals surface area contributed by atoms with Crippen molar-refractivity contribution in [3.05, 3.63) is 51.3 Å². The highest BCUT2D eigenvalue weighted by molar-refractivity contribution is 6.36. The van der Waals surface area contributed by atoms with E-state index >= 15 is 0 Å². The number of carbonyl (C=O) groups is 1. The predicted molar refractivity (Wildman–Crippen MR) is 84.9 cm³/mol. The second kappa shape index (κ2) is 6.50. The van der Waals surface area contributed by atoms with E-state index in [0.717, 1.165) is 17.7 Å². The van der Waals surface area contributed by atoms with Crippen LogP contribution >= 0.6 is 23.2 Å². The topological polar surface area (TPSA) is 46.9 Å². The zero-order valence-electron chi connectivity index (χ0n) is 12.2. The molecule has 1 aromatic heterocycles. The van der Waals surface area contributed by atoms with Crippen molar-refractivity contribution >= 4 is 29.1 Å². The van der Waals surface area contributed by atoms with E-state index in [1.807, 2.05) is 27.0 Å². The summed E-state index contributed by atoms with van der Waals surface area (Å²) in [7, 11) is 1.85. The summed E-state index contributed by atoms with van der Waals surface area (Å²) in [5.41, 5.74) is 2.18. The van der Waals surface area contributed by atoms with Crippen LogP contribution in [0.2, 0.25) is 10.0 Å². The molecular formula is C15H17Cl2N3O. The molecule has 1 amide bonds. The van der Waals surface area contributed by atoms with Crippen LogP contribution in [0.3, 0.4) is 0 Å². The van der Waals surface area contributed by atoms with Crippen molar-refractivity contribution in [3.8, 4) is 0 Å². The average Bonchev–Trinajstić information content (AvgIpc) is 2.87. The number of hydrogen-bond acceptors (Lipinski definition) is 2. The van der Waals surface area contributed by atoms with Crippen molar-refractivity contribution in [2.75, 3.05) is 0 Å². The molecule has 2 rings (SSSR count). The molecule has 0 spiro atoms. The summed E-state index contributed by atoms with van der Waals surface area (Å²) in [6.45, 7) is 3.82. The van der Waals surface area contributed by atoms with Crippen molar-refractivity contribution in [2.45, 2.75) is 26.3 Å². The molecule has 0 aliphatic rings. The summed E-state index contributed by atoms with van der Waals surface area (Å²) in [6, 6.07) is 5.05. The lowest BCUT2D eigenvalue weighted by molar-refractivity contribution is 0.0934. The molecule has 6 heteroatoms. The summed E-state index contributed by atoms with van der Waals surface area (Å²) in [6.07, 6.45) is 2.47. The van der Waals surface area contributed by atoms with Gasteiger partial charge in [0.05, 0.1) is 11.7 Å². The van der Waals surface area contributed by atoms with Crippen molar-refractivity contribution in [2.24, 2.45) is 7.05 Å². The Balaban J connectivity index is 2.23. The molecule has 0 aliphatic heterocycles. The van der Waals surface area contributed by atoms with Gasteiger partial charge >= 0.3 is 0 Å². The van der Waals surface area contributed by atoms with Crippen LogP contribution in [0.5, 0.6) is 0 Å². The van der Waals surface area contributed by atoms with E-state index in [4.69, 9.17) is 23.2 Å². The van der Waals surface area contributed by atoms with Crippen LogP contribution in [0.25, 0.3) is 0 Å². The van der Waals surface area contributed by atoms with Crippen LogP contribution in [-0.2, 0) is 7.05 Å². The first-order valence-electron chi connectivity index (χ1n) is 6.68. The van der Waals surface area contributed by atoms with Gasteiger partial charge in [-0.2, -0.15) is 5.10 Å². The number of amides is 1. The van der Waals surface area contributed by atoms with Gasteiger partial charge < -0.3 is 5.32 Å². The highest BCUT2D eigenvalue weighted by Crippen LogP contribution is 2.26. The number of hydrogen-bond donors (Lipinski definition) is 1. The fourth-order valence-corrected chi connectivity index (χ4v) is 2.62. The molecule has 1 aromatic carbocycles. The van der Waals surface area contributed by atoms with E-state index in [-0.39, 0.29) is 11.9 Å². The SMILES string of the molecule is CC[C@H](NC(=O)c1cc(Cl)c(C)c(Cl)c1)c1ccnn1C. The molecule has 4 nitrogen and oxygen atoms in total. The quantitative estimate of drug-likeness (QED) is 0.926. The average molecular weight is 326 g/mol. The van der Waals surface area contributed by atoms with E-state index in [2.05, 4.69) is 10.4 Å². The molecule has 1 atom stereocenters. The minimum atomic E-state index is -0.202. The zero-order chi connectivity index (χ0) is 15.6. The molecule has 1 N–H and O–H groups in total. The van der Waals surface area contributed by atoms with Crippen LogP contribution in [0.4, 0.5) is 0 Å². The number of benzene rings is 1. The highest BCUT2D eigenvalue weighted by atomic mass is 35.5. The minimum absolute atomic E-state index is 0.108. The van der Waals surface area contributed by atoms with Gasteiger partial charge in [-0.15, -0.1) is 0 Å². The lowest BCUT2D eigenvalue weighted by Gasteiger charge is -2.17. The van der Waals surface area contributed by atoms with Gasteiger partial charge in [0.25, 0.3) is 5.91 Å². The Morgan fingerprint density at radius 2 is 2.00 bits per heavy atom. The van der Waals surface area contributed by atoms with Gasteiger partial charge in [-0.25, -0.2) is 0 Å². The summed E-state index contributed by atoms with van der Waals surface area (Å²) in [5.74, 6) is -0.202. The number of nitrogens with zero attached hydrogens (tertiary/aromatic N) is 2. The van der Waals surface area contributed by atoms with E-state index in [1.165, 1.54) is 0 Å². The van der Waals surface area contributed by atoms with Gasteiger partial charge in [0, 0.05) is 28.9 Å². The van der Waals surface area contributed by atoms with E-state index in [1.54, 1.807) is 23.0 Å². The maximum Gasteiger partial charge on any atom is 0.251 e. The maximum absolute atomic E-state index is 12.4. The molecule has 1 heterocycles. The standard InChI is InChI=1S/C15H17Cl2N3O/c1-4-13(14-5-6-18-20(14)3)19-15(21)10-7-11(16)9(2)12(17)8-10/h5-8,13H,4H2,1-3H3,(H,19,21)/t13-/m0/s1. The molecule has 0 bridgehead atoms. The fourth-order valence-electron chi connectivity index (χ4n) is 2.13. The van der Waals surface area contributed by atoms with Gasteiger partial charge in [-0.3, -0.25) is 9.48 Å². The van der Waals surface area contributed by atoms with E-state index in [9.17, 15) is 4.79 Å². The van der Waals surface area contributed by atoms with Crippen LogP contribution in [0.1, 0.15) is 41.0 Å². The Labute approximate surface area is 134 Å². The second-order valence-corrected chi connectivity index (χ2v) is 5.69. The maximum atomic E-state index is 12.4. The highest BCUT2D eigenvalue weighted by Gasteiger charge is 2.18. The first-order valence-corrected chi connectivity index (χ1v) is 7.44. The van der Waals surface area contributed by atoms with Gasteiger partial charge in [0.15, 0.2) is 0 Å². The molecule has 112 valence electrons. The molecule has 0 radical (unpaired) electrons. The molecule has 0 aliphatic carbocycles. The number of aryl methyl sites for hydroxylation is 1. The van der Waals surface area contributed by atoms with Crippen LogP contribution in [0, 0.1) is 6.92 Å². The number of rotatable bonds is 4. The second-order valence-electron chi connectivity index (χ2n) is 4.88. The van der Waals surface area contributed by atoms with Crippen LogP contribution in [0.15, 0.2) is 24.4 Å². The van der Waals surface area contributed by atoms with E-state index < -0.39 is 0 Å². The predicted octanol–water partition coefficient (Wildman–Crippen LogP) is 3.92. The Hall–Kier alpha value is -1.52. The summed E-state index contributed by atoms with van der Waals surface area (Å²) in [5, 5.41) is 8.09. The normalized spacial score (nSPS) is 12.2. The van der Waals surface area contributed by atoms with Crippen LogP contribution in [-0.4, -0.2) is 15.7 Å². The van der Waals surface area contributed by atoms with Gasteiger partial charge in [0.1, 0.15) is 0 Å². The summed E-state index contributed by atoms with van der Waals surface area (Å²) in [4.78, 5) is 12.4. The van der Waals surface area contributed by atoms with Crippen molar-refractivity contribution < 1.29 is 4.79 Å². The third-order valence-corrected chi connectivity index (χ3v) is 4.26. The molecule has 0 saturated heterocycles. The molecular weight excluding hydrogens is 309 g/mol. The van der Waals surface area contributed by atoms with Gasteiger partial charge in [-0.1, -0.05) is 30.1 Å². The molecule has 21 heavy (non-hydrogen) atoms. The smallest absolute Gasteiger partial charge is 0.251 e. The van der Waals surface area contributed by atoms with E-state index in [0.29, 0.717) is 15.6 Å². The Kier molecular flexibility index (Phi) is 4.91. The fraction of sp³-hybridized carbons (Fsp3) is 0.333. The molecule has 0 fully saturated rings. The van der Waals surface area contributed by atoms with Crippen molar-refractivity contribution in [3.63, 3.8) is 0 Å². The number of aromatic nitrogens is 2. The monoisotopic (exact) mass is 325 g/mol. The summed E-state index contributed by atoms with van der Waals surface area (Å²) < 4.78 is 1.75. The van der Waals surface area contributed by atoms with Crippen LogP contribution < -0.4 is 5.32 Å². The number of carbonyl (C=O) groups excluding carboxylic acids is 1. The Bertz CT molecular complexity index is 644. The third-order valence-electron chi connectivity index (χ3n) is 3.47. The lowest BCUT2D eigenvalue weighted by Crippen LogP contribution is -2.29. The van der Waals surface area contributed by atoms with Crippen molar-refractivity contribution in [1.82, 2.24) is 15.1 Å². The largest absolute Gasteiger partial charge is 0.344 e. The lowest BCUT2D eigenvalue weighted by atomic mass is 10.1. The molecule has 0 saturated carbocycles. The Morgan fingerprint density at radius 1 is 1.38 bits per heavy atom. The first kappa shape index (κ1) is 15.9.